The zero-order chi connectivity index (χ0) is 13.5. The lowest BCUT2D eigenvalue weighted by Gasteiger charge is -2.19. The van der Waals surface area contributed by atoms with Gasteiger partial charge in [-0.3, -0.25) is 4.79 Å². The van der Waals surface area contributed by atoms with E-state index < -0.39 is 0 Å². The van der Waals surface area contributed by atoms with E-state index in [4.69, 9.17) is 9.84 Å². The van der Waals surface area contributed by atoms with Crippen LogP contribution in [0.2, 0.25) is 0 Å². The average molecular weight is 251 g/mol. The number of methoxy groups -OCH3 is 1. The average Bonchev–Trinajstić information content (AvgIpc) is 2.38. The fourth-order valence-electron chi connectivity index (χ4n) is 1.56. The second kappa shape index (κ2) is 7.13. The molecule has 4 heteroatoms. The molecule has 1 amide bonds. The van der Waals surface area contributed by atoms with Crippen LogP contribution in [0.3, 0.4) is 0 Å². The maximum atomic E-state index is 12.0. The molecule has 2 N–H and O–H groups in total. The van der Waals surface area contributed by atoms with Gasteiger partial charge in [0.1, 0.15) is 0 Å². The summed E-state index contributed by atoms with van der Waals surface area (Å²) in [7, 11) is 1.62. The van der Waals surface area contributed by atoms with Gasteiger partial charge in [-0.15, -0.1) is 0 Å². The minimum absolute atomic E-state index is 0.0381. The summed E-state index contributed by atoms with van der Waals surface area (Å²) in [4.78, 5) is 12.0. The van der Waals surface area contributed by atoms with Crippen molar-refractivity contribution in [3.63, 3.8) is 0 Å². The number of aliphatic hydroxyl groups excluding tert-OH is 1. The van der Waals surface area contributed by atoms with Crippen LogP contribution in [-0.4, -0.2) is 30.8 Å². The van der Waals surface area contributed by atoms with E-state index in [9.17, 15) is 4.79 Å². The largest absolute Gasteiger partial charge is 0.396 e. The molecule has 0 saturated carbocycles. The molecule has 1 aromatic carbocycles. The molecule has 2 atom stereocenters. The van der Waals surface area contributed by atoms with Crippen molar-refractivity contribution in [2.24, 2.45) is 5.92 Å². The summed E-state index contributed by atoms with van der Waals surface area (Å²) in [6, 6.07) is 7.28. The van der Waals surface area contributed by atoms with E-state index >= 15 is 0 Å². The molecule has 0 bridgehead atoms. The summed E-state index contributed by atoms with van der Waals surface area (Å²) in [6.07, 6.45) is 0. The van der Waals surface area contributed by atoms with Gasteiger partial charge in [0.15, 0.2) is 0 Å². The molecule has 2 unspecified atom stereocenters. The van der Waals surface area contributed by atoms with Crippen LogP contribution < -0.4 is 5.32 Å². The van der Waals surface area contributed by atoms with Crippen LogP contribution >= 0.6 is 0 Å². The van der Waals surface area contributed by atoms with Crippen molar-refractivity contribution < 1.29 is 14.6 Å². The summed E-state index contributed by atoms with van der Waals surface area (Å²) in [6.45, 7) is 4.33. The molecule has 1 aromatic rings. The van der Waals surface area contributed by atoms with Crippen LogP contribution in [0, 0.1) is 5.92 Å². The van der Waals surface area contributed by atoms with E-state index in [1.54, 1.807) is 13.2 Å². The third-order valence-corrected chi connectivity index (χ3v) is 3.00. The van der Waals surface area contributed by atoms with Crippen LogP contribution in [0.4, 0.5) is 0 Å². The van der Waals surface area contributed by atoms with Gasteiger partial charge in [-0.1, -0.05) is 19.1 Å². The molecule has 0 aromatic heterocycles. The monoisotopic (exact) mass is 251 g/mol. The molecule has 4 nitrogen and oxygen atoms in total. The molecule has 0 radical (unpaired) electrons. The minimum atomic E-state index is -0.124. The van der Waals surface area contributed by atoms with Gasteiger partial charge in [-0.25, -0.2) is 0 Å². The lowest BCUT2D eigenvalue weighted by Crippen LogP contribution is -2.38. The summed E-state index contributed by atoms with van der Waals surface area (Å²) >= 11 is 0. The summed E-state index contributed by atoms with van der Waals surface area (Å²) in [5.74, 6) is -0.0862. The van der Waals surface area contributed by atoms with E-state index in [0.29, 0.717) is 12.2 Å². The molecule has 0 spiro atoms. The smallest absolute Gasteiger partial charge is 0.251 e. The molecule has 0 aliphatic heterocycles. The van der Waals surface area contributed by atoms with Gasteiger partial charge in [-0.05, 0) is 30.5 Å². The van der Waals surface area contributed by atoms with Crippen molar-refractivity contribution in [3.8, 4) is 0 Å². The standard InChI is InChI=1S/C14H21NO3/c1-10(8-16)11(2)15-14(17)13-6-4-5-12(7-13)9-18-3/h4-7,10-11,16H,8-9H2,1-3H3,(H,15,17). The molecule has 0 aliphatic carbocycles. The first kappa shape index (κ1) is 14.7. The Morgan fingerprint density at radius 3 is 2.78 bits per heavy atom. The normalized spacial score (nSPS) is 14.0. The van der Waals surface area contributed by atoms with Gasteiger partial charge in [-0.2, -0.15) is 0 Å². The van der Waals surface area contributed by atoms with Crippen LogP contribution in [0.5, 0.6) is 0 Å². The molecular formula is C14H21NO3. The number of nitrogens with one attached hydrogen (secondary N) is 1. The molecule has 0 heterocycles. The third kappa shape index (κ3) is 4.13. The Morgan fingerprint density at radius 2 is 2.17 bits per heavy atom. The zero-order valence-corrected chi connectivity index (χ0v) is 11.1. The number of aliphatic hydroxyl groups is 1. The Labute approximate surface area is 108 Å². The van der Waals surface area contributed by atoms with Gasteiger partial charge in [0.2, 0.25) is 0 Å². The Balaban J connectivity index is 2.69. The molecule has 0 fully saturated rings. The van der Waals surface area contributed by atoms with Gasteiger partial charge < -0.3 is 15.2 Å². The van der Waals surface area contributed by atoms with Crippen molar-refractivity contribution in [1.82, 2.24) is 5.32 Å². The molecule has 100 valence electrons. The number of carbonyl (C=O) groups is 1. The number of ether oxygens (including phenoxy) is 1. The van der Waals surface area contributed by atoms with E-state index in [1.165, 1.54) is 0 Å². The Morgan fingerprint density at radius 1 is 1.44 bits per heavy atom. The van der Waals surface area contributed by atoms with Crippen molar-refractivity contribution in [2.75, 3.05) is 13.7 Å². The van der Waals surface area contributed by atoms with Gasteiger partial charge in [0, 0.05) is 25.3 Å². The second-order valence-corrected chi connectivity index (χ2v) is 4.56. The number of amides is 1. The highest BCUT2D eigenvalue weighted by Gasteiger charge is 2.15. The Hall–Kier alpha value is -1.39. The predicted molar refractivity (Wildman–Crippen MR) is 70.3 cm³/mol. The fourth-order valence-corrected chi connectivity index (χ4v) is 1.56. The highest BCUT2D eigenvalue weighted by molar-refractivity contribution is 5.94. The lowest BCUT2D eigenvalue weighted by molar-refractivity contribution is 0.0916. The minimum Gasteiger partial charge on any atom is -0.396 e. The van der Waals surface area contributed by atoms with Crippen LogP contribution in [-0.2, 0) is 11.3 Å². The predicted octanol–water partition coefficient (Wildman–Crippen LogP) is 1.58. The van der Waals surface area contributed by atoms with E-state index in [0.717, 1.165) is 5.56 Å². The van der Waals surface area contributed by atoms with Crippen molar-refractivity contribution in [2.45, 2.75) is 26.5 Å². The van der Waals surface area contributed by atoms with Crippen molar-refractivity contribution >= 4 is 5.91 Å². The highest BCUT2D eigenvalue weighted by atomic mass is 16.5. The number of carbonyl (C=O) groups excluding carboxylic acids is 1. The molecule has 0 aliphatic rings. The third-order valence-electron chi connectivity index (χ3n) is 3.00. The Kier molecular flexibility index (Phi) is 5.82. The first-order valence-electron chi connectivity index (χ1n) is 6.08. The van der Waals surface area contributed by atoms with Crippen LogP contribution in [0.1, 0.15) is 29.8 Å². The Bertz CT molecular complexity index is 392. The highest BCUT2D eigenvalue weighted by Crippen LogP contribution is 2.08. The van der Waals surface area contributed by atoms with Crippen LogP contribution in [0.25, 0.3) is 0 Å². The molecule has 0 saturated heterocycles. The summed E-state index contributed by atoms with van der Waals surface area (Å²) < 4.78 is 5.03. The number of hydrogen-bond acceptors (Lipinski definition) is 3. The van der Waals surface area contributed by atoms with Gasteiger partial charge in [0.05, 0.1) is 6.61 Å². The quantitative estimate of drug-likeness (QED) is 0.807. The molecule has 1 rings (SSSR count). The number of benzene rings is 1. The van der Waals surface area contributed by atoms with Crippen LogP contribution in [0.15, 0.2) is 24.3 Å². The summed E-state index contributed by atoms with van der Waals surface area (Å²) in [5, 5.41) is 11.9. The lowest BCUT2D eigenvalue weighted by atomic mass is 10.0. The fraction of sp³-hybridized carbons (Fsp3) is 0.500. The van der Waals surface area contributed by atoms with Gasteiger partial charge >= 0.3 is 0 Å². The molecular weight excluding hydrogens is 230 g/mol. The molecule has 18 heavy (non-hydrogen) atoms. The first-order chi connectivity index (χ1) is 8.58. The second-order valence-electron chi connectivity index (χ2n) is 4.56. The number of hydrogen-bond donors (Lipinski definition) is 2. The van der Waals surface area contributed by atoms with Crippen molar-refractivity contribution in [3.05, 3.63) is 35.4 Å². The maximum Gasteiger partial charge on any atom is 0.251 e. The first-order valence-corrected chi connectivity index (χ1v) is 6.08. The van der Waals surface area contributed by atoms with E-state index in [1.807, 2.05) is 32.0 Å². The van der Waals surface area contributed by atoms with Crippen molar-refractivity contribution in [1.29, 1.82) is 0 Å². The topological polar surface area (TPSA) is 58.6 Å². The van der Waals surface area contributed by atoms with E-state index in [2.05, 4.69) is 5.32 Å². The summed E-state index contributed by atoms with van der Waals surface area (Å²) in [5.41, 5.74) is 1.58. The maximum absolute atomic E-state index is 12.0. The van der Waals surface area contributed by atoms with Gasteiger partial charge in [0.25, 0.3) is 5.91 Å². The van der Waals surface area contributed by atoms with E-state index in [-0.39, 0.29) is 24.5 Å². The zero-order valence-electron chi connectivity index (χ0n) is 11.1. The SMILES string of the molecule is COCc1cccc(C(=O)NC(C)C(C)CO)c1. The number of rotatable bonds is 6.